The molecule has 2 aliphatic heterocycles. The van der Waals surface area contributed by atoms with E-state index >= 15 is 0 Å². The lowest BCUT2D eigenvalue weighted by molar-refractivity contribution is -0.132. The van der Waals surface area contributed by atoms with Crippen LogP contribution < -0.4 is 14.4 Å². The van der Waals surface area contributed by atoms with Crippen molar-refractivity contribution in [2.24, 2.45) is 0 Å². The van der Waals surface area contributed by atoms with Crippen molar-refractivity contribution in [2.75, 3.05) is 31.5 Å². The molecule has 3 amide bonds. The molecule has 1 saturated heterocycles. The van der Waals surface area contributed by atoms with Crippen LogP contribution >= 0.6 is 11.6 Å². The normalized spacial score (nSPS) is 14.6. The van der Waals surface area contributed by atoms with Gasteiger partial charge in [-0.3, -0.25) is 19.3 Å². The van der Waals surface area contributed by atoms with Gasteiger partial charge < -0.3 is 23.7 Å². The molecule has 0 aliphatic carbocycles. The number of nitrogens with zero attached hydrogens (tertiary/aromatic N) is 3. The molecule has 5 rings (SSSR count). The summed E-state index contributed by atoms with van der Waals surface area (Å²) in [6.07, 6.45) is 1.50. The summed E-state index contributed by atoms with van der Waals surface area (Å²) < 4.78 is 16.1. The first-order valence-electron chi connectivity index (χ1n) is 10.5. The van der Waals surface area contributed by atoms with Gasteiger partial charge in [0.1, 0.15) is 25.5 Å². The van der Waals surface area contributed by atoms with Crippen LogP contribution in [0.4, 0.5) is 5.69 Å². The SMILES string of the molecule is O=C(CN(Cc1ccco1)C(=O)c1ccc2c(c1)OCO2)N1CC(=O)N(c2ccc(Cl)cc2)C1. The van der Waals surface area contributed by atoms with Crippen LogP contribution in [0.3, 0.4) is 0 Å². The van der Waals surface area contributed by atoms with Crippen molar-refractivity contribution in [3.8, 4) is 11.5 Å². The summed E-state index contributed by atoms with van der Waals surface area (Å²) >= 11 is 5.93. The van der Waals surface area contributed by atoms with Gasteiger partial charge in [-0.1, -0.05) is 11.6 Å². The Morgan fingerprint density at radius 2 is 1.82 bits per heavy atom. The lowest BCUT2D eigenvalue weighted by Crippen LogP contribution is -2.42. The predicted octanol–water partition coefficient (Wildman–Crippen LogP) is 3.14. The minimum absolute atomic E-state index is 0.0751. The second kappa shape index (κ2) is 9.11. The van der Waals surface area contributed by atoms with Gasteiger partial charge in [-0.25, -0.2) is 0 Å². The largest absolute Gasteiger partial charge is 0.467 e. The van der Waals surface area contributed by atoms with Gasteiger partial charge in [0, 0.05) is 16.3 Å². The predicted molar refractivity (Wildman–Crippen MR) is 122 cm³/mol. The summed E-state index contributed by atoms with van der Waals surface area (Å²) in [5, 5.41) is 0.555. The Kier molecular flexibility index (Phi) is 5.85. The first-order valence-corrected chi connectivity index (χ1v) is 10.9. The van der Waals surface area contributed by atoms with Gasteiger partial charge in [0.15, 0.2) is 11.5 Å². The number of carbonyl (C=O) groups is 3. The third-order valence-electron chi connectivity index (χ3n) is 5.59. The molecule has 2 aromatic carbocycles. The van der Waals surface area contributed by atoms with E-state index < -0.39 is 0 Å². The molecule has 0 spiro atoms. The number of amides is 3. The number of anilines is 1. The van der Waals surface area contributed by atoms with Crippen LogP contribution in [0.1, 0.15) is 16.1 Å². The molecule has 10 heteroatoms. The van der Waals surface area contributed by atoms with Gasteiger partial charge in [0.2, 0.25) is 18.6 Å². The highest BCUT2D eigenvalue weighted by atomic mass is 35.5. The van der Waals surface area contributed by atoms with Crippen molar-refractivity contribution in [2.45, 2.75) is 6.54 Å². The summed E-state index contributed by atoms with van der Waals surface area (Å²) in [7, 11) is 0. The summed E-state index contributed by atoms with van der Waals surface area (Å²) in [5.74, 6) is 0.619. The molecule has 1 aromatic heterocycles. The fourth-order valence-corrected chi connectivity index (χ4v) is 3.95. The minimum atomic E-state index is -0.372. The molecular formula is C24H20ClN3O6. The van der Waals surface area contributed by atoms with Crippen LogP contribution in [0, 0.1) is 0 Å². The third-order valence-corrected chi connectivity index (χ3v) is 5.84. The molecule has 1 fully saturated rings. The van der Waals surface area contributed by atoms with Gasteiger partial charge in [-0.15, -0.1) is 0 Å². The molecule has 0 saturated carbocycles. The summed E-state index contributed by atoms with van der Waals surface area (Å²) in [6.45, 7) is -0.0283. The Labute approximate surface area is 200 Å². The highest BCUT2D eigenvalue weighted by Crippen LogP contribution is 2.33. The second-order valence-corrected chi connectivity index (χ2v) is 8.28. The molecule has 0 bridgehead atoms. The van der Waals surface area contributed by atoms with E-state index in [0.29, 0.717) is 33.5 Å². The molecule has 174 valence electrons. The first kappa shape index (κ1) is 21.8. The minimum Gasteiger partial charge on any atom is -0.467 e. The van der Waals surface area contributed by atoms with Crippen LogP contribution in [-0.4, -0.2) is 54.1 Å². The molecule has 34 heavy (non-hydrogen) atoms. The average Bonchev–Trinajstić information content (AvgIpc) is 3.59. The summed E-state index contributed by atoms with van der Waals surface area (Å²) in [4.78, 5) is 43.3. The summed E-state index contributed by atoms with van der Waals surface area (Å²) in [5.41, 5.74) is 0.998. The highest BCUT2D eigenvalue weighted by molar-refractivity contribution is 6.30. The van der Waals surface area contributed by atoms with Crippen LogP contribution in [0.15, 0.2) is 65.3 Å². The van der Waals surface area contributed by atoms with E-state index in [4.69, 9.17) is 25.5 Å². The number of rotatable bonds is 6. The van der Waals surface area contributed by atoms with E-state index in [-0.39, 0.29) is 50.8 Å². The number of halogens is 1. The van der Waals surface area contributed by atoms with Gasteiger partial charge in [-0.2, -0.15) is 0 Å². The number of hydrogen-bond acceptors (Lipinski definition) is 6. The molecule has 3 heterocycles. The fourth-order valence-electron chi connectivity index (χ4n) is 3.83. The van der Waals surface area contributed by atoms with E-state index in [1.165, 1.54) is 21.0 Å². The van der Waals surface area contributed by atoms with Crippen molar-refractivity contribution in [1.29, 1.82) is 0 Å². The number of fused-ring (bicyclic) bond motifs is 1. The Bertz CT molecular complexity index is 1230. The smallest absolute Gasteiger partial charge is 0.254 e. The molecule has 0 N–H and O–H groups in total. The number of furan rings is 1. The third kappa shape index (κ3) is 4.42. The number of hydrogen-bond donors (Lipinski definition) is 0. The van der Waals surface area contributed by atoms with Crippen molar-refractivity contribution in [1.82, 2.24) is 9.80 Å². The van der Waals surface area contributed by atoms with E-state index in [2.05, 4.69) is 0 Å². The van der Waals surface area contributed by atoms with Gasteiger partial charge in [0.05, 0.1) is 12.8 Å². The van der Waals surface area contributed by atoms with Gasteiger partial charge in [-0.05, 0) is 54.6 Å². The molecule has 9 nitrogen and oxygen atoms in total. The molecule has 0 unspecified atom stereocenters. The van der Waals surface area contributed by atoms with Crippen molar-refractivity contribution < 1.29 is 28.3 Å². The Morgan fingerprint density at radius 1 is 1.03 bits per heavy atom. The zero-order valence-electron chi connectivity index (χ0n) is 18.0. The fraction of sp³-hybridized carbons (Fsp3) is 0.208. The quantitative estimate of drug-likeness (QED) is 0.537. The Hall–Kier alpha value is -3.98. The van der Waals surface area contributed by atoms with E-state index in [1.807, 2.05) is 0 Å². The van der Waals surface area contributed by atoms with Crippen LogP contribution in [0.5, 0.6) is 11.5 Å². The van der Waals surface area contributed by atoms with Gasteiger partial charge >= 0.3 is 0 Å². The summed E-state index contributed by atoms with van der Waals surface area (Å²) in [6, 6.07) is 15.1. The maximum absolute atomic E-state index is 13.3. The molecule has 0 atom stereocenters. The van der Waals surface area contributed by atoms with Crippen molar-refractivity contribution in [3.63, 3.8) is 0 Å². The van der Waals surface area contributed by atoms with Crippen LogP contribution in [0.2, 0.25) is 5.02 Å². The Morgan fingerprint density at radius 3 is 2.59 bits per heavy atom. The Balaban J connectivity index is 1.33. The van der Waals surface area contributed by atoms with Crippen molar-refractivity contribution in [3.05, 3.63) is 77.2 Å². The molecule has 2 aliphatic rings. The van der Waals surface area contributed by atoms with E-state index in [0.717, 1.165) is 0 Å². The maximum Gasteiger partial charge on any atom is 0.254 e. The van der Waals surface area contributed by atoms with Gasteiger partial charge in [0.25, 0.3) is 5.91 Å². The van der Waals surface area contributed by atoms with Crippen molar-refractivity contribution >= 4 is 35.0 Å². The van der Waals surface area contributed by atoms with E-state index in [9.17, 15) is 14.4 Å². The number of ether oxygens (including phenoxy) is 2. The number of carbonyl (C=O) groups excluding carboxylic acids is 3. The standard InChI is InChI=1S/C24H20ClN3O6/c25-17-4-6-18(7-5-17)28-14-27(13-23(28)30)22(29)12-26(11-19-2-1-9-32-19)24(31)16-3-8-20-21(10-16)34-15-33-20/h1-10H,11-15H2. The van der Waals surface area contributed by atoms with E-state index in [1.54, 1.807) is 54.6 Å². The average molecular weight is 482 g/mol. The molecule has 0 radical (unpaired) electrons. The highest BCUT2D eigenvalue weighted by Gasteiger charge is 2.33. The zero-order chi connectivity index (χ0) is 23.7. The first-order chi connectivity index (χ1) is 16.5. The maximum atomic E-state index is 13.3. The molecular weight excluding hydrogens is 462 g/mol. The lowest BCUT2D eigenvalue weighted by Gasteiger charge is -2.24. The zero-order valence-corrected chi connectivity index (χ0v) is 18.7. The van der Waals surface area contributed by atoms with Crippen LogP contribution in [0.25, 0.3) is 0 Å². The topological polar surface area (TPSA) is 92.5 Å². The monoisotopic (exact) mass is 481 g/mol. The molecule has 3 aromatic rings. The van der Waals surface area contributed by atoms with Crippen LogP contribution in [-0.2, 0) is 16.1 Å². The second-order valence-electron chi connectivity index (χ2n) is 7.84. The lowest BCUT2D eigenvalue weighted by atomic mass is 10.1. The number of benzene rings is 2.